The fourth-order valence-electron chi connectivity index (χ4n) is 2.30. The lowest BCUT2D eigenvalue weighted by molar-refractivity contribution is -0.121. The van der Waals surface area contributed by atoms with Crippen LogP contribution >= 0.6 is 0 Å². The Morgan fingerprint density at radius 2 is 2.18 bits per heavy atom. The lowest BCUT2D eigenvalue weighted by Crippen LogP contribution is -2.37. The maximum atomic E-state index is 12.2. The van der Waals surface area contributed by atoms with Gasteiger partial charge in [-0.05, 0) is 12.1 Å². The number of nitrogens with zero attached hydrogens (tertiary/aromatic N) is 3. The standard InChI is InChI=1S/C15H16N4O3/c1-18-8-6-13(17-18)16-14(20)10-19-11-4-2-3-5-12(11)22-9-7-15(19)21/h2-6,8H,7,9-10H2,1H3,(H,16,17,20). The summed E-state index contributed by atoms with van der Waals surface area (Å²) < 4.78 is 7.14. The summed E-state index contributed by atoms with van der Waals surface area (Å²) in [6.07, 6.45) is 1.97. The third-order valence-corrected chi connectivity index (χ3v) is 3.31. The average molecular weight is 300 g/mol. The number of aryl methyl sites for hydroxylation is 1. The van der Waals surface area contributed by atoms with Gasteiger partial charge in [-0.2, -0.15) is 5.10 Å². The van der Waals surface area contributed by atoms with Crippen LogP contribution in [0.5, 0.6) is 5.75 Å². The molecule has 3 rings (SSSR count). The van der Waals surface area contributed by atoms with Crippen molar-refractivity contribution in [2.45, 2.75) is 6.42 Å². The zero-order valence-electron chi connectivity index (χ0n) is 12.2. The molecule has 22 heavy (non-hydrogen) atoms. The van der Waals surface area contributed by atoms with E-state index in [1.807, 2.05) is 12.1 Å². The molecule has 1 aromatic carbocycles. The molecule has 7 nitrogen and oxygen atoms in total. The minimum atomic E-state index is -0.302. The number of fused-ring (bicyclic) bond motifs is 1. The second-order valence-corrected chi connectivity index (χ2v) is 4.97. The third kappa shape index (κ3) is 2.93. The highest BCUT2D eigenvalue weighted by atomic mass is 16.5. The lowest BCUT2D eigenvalue weighted by atomic mass is 10.2. The number of anilines is 2. The minimum Gasteiger partial charge on any atom is -0.491 e. The number of carbonyl (C=O) groups is 2. The molecule has 2 heterocycles. The van der Waals surface area contributed by atoms with Crippen molar-refractivity contribution in [1.29, 1.82) is 0 Å². The van der Waals surface area contributed by atoms with Gasteiger partial charge in [-0.25, -0.2) is 0 Å². The minimum absolute atomic E-state index is 0.0736. The Morgan fingerprint density at radius 1 is 1.36 bits per heavy atom. The van der Waals surface area contributed by atoms with Crippen LogP contribution in [0.4, 0.5) is 11.5 Å². The first-order chi connectivity index (χ1) is 10.6. The summed E-state index contributed by atoms with van der Waals surface area (Å²) in [6, 6.07) is 8.90. The smallest absolute Gasteiger partial charge is 0.245 e. The second kappa shape index (κ2) is 5.88. The highest BCUT2D eigenvalue weighted by Crippen LogP contribution is 2.30. The van der Waals surface area contributed by atoms with E-state index < -0.39 is 0 Å². The van der Waals surface area contributed by atoms with Gasteiger partial charge in [-0.3, -0.25) is 19.2 Å². The number of ether oxygens (including phenoxy) is 1. The molecule has 0 unspecified atom stereocenters. The summed E-state index contributed by atoms with van der Waals surface area (Å²) in [5.74, 6) is 0.628. The summed E-state index contributed by atoms with van der Waals surface area (Å²) in [7, 11) is 1.77. The van der Waals surface area contributed by atoms with Gasteiger partial charge in [0.25, 0.3) is 0 Å². The molecule has 0 saturated heterocycles. The van der Waals surface area contributed by atoms with Gasteiger partial charge < -0.3 is 10.1 Å². The Balaban J connectivity index is 1.77. The van der Waals surface area contributed by atoms with Crippen molar-refractivity contribution in [3.8, 4) is 5.75 Å². The Labute approximate surface area is 127 Å². The zero-order valence-corrected chi connectivity index (χ0v) is 12.2. The van der Waals surface area contributed by atoms with Gasteiger partial charge >= 0.3 is 0 Å². The van der Waals surface area contributed by atoms with Crippen LogP contribution in [0, 0.1) is 0 Å². The molecule has 1 aliphatic heterocycles. The number of benzene rings is 1. The largest absolute Gasteiger partial charge is 0.491 e. The molecule has 1 aliphatic rings. The number of amides is 2. The number of carbonyl (C=O) groups excluding carboxylic acids is 2. The Bertz CT molecular complexity index is 710. The van der Waals surface area contributed by atoms with Crippen molar-refractivity contribution in [1.82, 2.24) is 9.78 Å². The second-order valence-electron chi connectivity index (χ2n) is 4.97. The number of nitrogens with one attached hydrogen (secondary N) is 1. The Hall–Kier alpha value is -2.83. The Kier molecular flexibility index (Phi) is 3.78. The maximum Gasteiger partial charge on any atom is 0.245 e. The normalized spacial score (nSPS) is 14.0. The van der Waals surface area contributed by atoms with Crippen LogP contribution in [0.15, 0.2) is 36.5 Å². The molecule has 114 valence electrons. The quantitative estimate of drug-likeness (QED) is 0.923. The van der Waals surface area contributed by atoms with Gasteiger partial charge in [0.05, 0.1) is 18.7 Å². The molecule has 0 spiro atoms. The Morgan fingerprint density at radius 3 is 2.95 bits per heavy atom. The predicted octanol–water partition coefficient (Wildman–Crippen LogP) is 1.17. The van der Waals surface area contributed by atoms with Crippen molar-refractivity contribution in [3.05, 3.63) is 36.5 Å². The van der Waals surface area contributed by atoms with Crippen molar-refractivity contribution in [2.75, 3.05) is 23.4 Å². The van der Waals surface area contributed by atoms with Crippen LogP contribution in [0.3, 0.4) is 0 Å². The van der Waals surface area contributed by atoms with E-state index in [1.165, 1.54) is 4.90 Å². The summed E-state index contributed by atoms with van der Waals surface area (Å²) in [5, 5.41) is 6.76. The summed E-state index contributed by atoms with van der Waals surface area (Å²) >= 11 is 0. The van der Waals surface area contributed by atoms with Crippen molar-refractivity contribution in [2.24, 2.45) is 7.05 Å². The van der Waals surface area contributed by atoms with Crippen LogP contribution in [0.2, 0.25) is 0 Å². The third-order valence-electron chi connectivity index (χ3n) is 3.31. The fraction of sp³-hybridized carbons (Fsp3) is 0.267. The summed E-state index contributed by atoms with van der Waals surface area (Å²) in [5.41, 5.74) is 0.612. The molecular weight excluding hydrogens is 284 g/mol. The summed E-state index contributed by atoms with van der Waals surface area (Å²) in [6.45, 7) is 0.240. The van der Waals surface area contributed by atoms with E-state index in [-0.39, 0.29) is 24.8 Å². The summed E-state index contributed by atoms with van der Waals surface area (Å²) in [4.78, 5) is 25.8. The van der Waals surface area contributed by atoms with Crippen molar-refractivity contribution in [3.63, 3.8) is 0 Å². The van der Waals surface area contributed by atoms with Gasteiger partial charge in [0.2, 0.25) is 11.8 Å². The topological polar surface area (TPSA) is 76.5 Å². The van der Waals surface area contributed by atoms with E-state index >= 15 is 0 Å². The number of hydrogen-bond donors (Lipinski definition) is 1. The van der Waals surface area contributed by atoms with Crippen LogP contribution in [0.25, 0.3) is 0 Å². The average Bonchev–Trinajstić information content (AvgIpc) is 2.83. The number of hydrogen-bond acceptors (Lipinski definition) is 4. The van der Waals surface area contributed by atoms with Crippen molar-refractivity contribution >= 4 is 23.3 Å². The van der Waals surface area contributed by atoms with Gasteiger partial charge in [0, 0.05) is 19.3 Å². The van der Waals surface area contributed by atoms with E-state index in [4.69, 9.17) is 4.74 Å². The number of aromatic nitrogens is 2. The molecule has 0 saturated carbocycles. The lowest BCUT2D eigenvalue weighted by Gasteiger charge is -2.20. The molecule has 0 aliphatic carbocycles. The monoisotopic (exact) mass is 300 g/mol. The number of rotatable bonds is 3. The van der Waals surface area contributed by atoms with Gasteiger partial charge in [0.15, 0.2) is 5.82 Å². The van der Waals surface area contributed by atoms with Crippen LogP contribution in [0.1, 0.15) is 6.42 Å². The van der Waals surface area contributed by atoms with E-state index in [9.17, 15) is 9.59 Å². The first-order valence-electron chi connectivity index (χ1n) is 6.95. The van der Waals surface area contributed by atoms with Gasteiger partial charge in [0.1, 0.15) is 12.3 Å². The highest BCUT2D eigenvalue weighted by Gasteiger charge is 2.25. The van der Waals surface area contributed by atoms with Crippen LogP contribution in [-0.2, 0) is 16.6 Å². The van der Waals surface area contributed by atoms with Gasteiger partial charge in [-0.15, -0.1) is 0 Å². The molecule has 1 N–H and O–H groups in total. The molecule has 7 heteroatoms. The van der Waals surface area contributed by atoms with Crippen LogP contribution in [-0.4, -0.2) is 34.7 Å². The SMILES string of the molecule is Cn1ccc(NC(=O)CN2C(=O)CCOc3ccccc32)n1. The molecule has 0 radical (unpaired) electrons. The molecule has 0 bridgehead atoms. The van der Waals surface area contributed by atoms with E-state index in [0.29, 0.717) is 23.9 Å². The first-order valence-corrected chi connectivity index (χ1v) is 6.95. The van der Waals surface area contributed by atoms with E-state index in [0.717, 1.165) is 0 Å². The van der Waals surface area contributed by atoms with Crippen molar-refractivity contribution < 1.29 is 14.3 Å². The van der Waals surface area contributed by atoms with Crippen LogP contribution < -0.4 is 15.0 Å². The van der Waals surface area contributed by atoms with E-state index in [1.54, 1.807) is 36.1 Å². The van der Waals surface area contributed by atoms with Gasteiger partial charge in [-0.1, -0.05) is 12.1 Å². The highest BCUT2D eigenvalue weighted by molar-refractivity contribution is 6.03. The molecule has 0 atom stereocenters. The first kappa shape index (κ1) is 14.1. The zero-order chi connectivity index (χ0) is 15.5. The molecular formula is C15H16N4O3. The maximum absolute atomic E-state index is 12.2. The molecule has 0 fully saturated rings. The predicted molar refractivity (Wildman–Crippen MR) is 80.7 cm³/mol. The molecule has 1 aromatic heterocycles. The van der Waals surface area contributed by atoms with E-state index in [2.05, 4.69) is 10.4 Å². The fourth-order valence-corrected chi connectivity index (χ4v) is 2.30. The number of para-hydroxylation sites is 2. The molecule has 2 amide bonds. The molecule has 2 aromatic rings.